The summed E-state index contributed by atoms with van der Waals surface area (Å²) in [5.41, 5.74) is 5.76. The zero-order chi connectivity index (χ0) is 33.3. The third-order valence-electron chi connectivity index (χ3n) is 8.41. The molecule has 6 heteroatoms. The van der Waals surface area contributed by atoms with Crippen molar-refractivity contribution in [2.45, 2.75) is 45.1 Å². The molecule has 6 aromatic carbocycles. The fourth-order valence-electron chi connectivity index (χ4n) is 5.82. The molecule has 0 saturated carbocycles. The molecule has 49 heavy (non-hydrogen) atoms. The van der Waals surface area contributed by atoms with Crippen molar-refractivity contribution in [2.24, 2.45) is 0 Å². The lowest BCUT2D eigenvalue weighted by Crippen LogP contribution is -2.30. The van der Waals surface area contributed by atoms with Crippen LogP contribution in [0.1, 0.15) is 39.5 Å². The molecule has 6 aromatic rings. The predicted octanol–water partition coefficient (Wildman–Crippen LogP) is 9.04. The molecule has 1 unspecified atom stereocenters. The Morgan fingerprint density at radius 3 is 1.49 bits per heavy atom. The summed E-state index contributed by atoms with van der Waals surface area (Å²) >= 11 is 0. The molecule has 0 aliphatic carbocycles. The van der Waals surface area contributed by atoms with E-state index in [4.69, 9.17) is 23.7 Å². The minimum absolute atomic E-state index is 0.343. The first-order valence-electron chi connectivity index (χ1n) is 16.5. The highest BCUT2D eigenvalue weighted by Crippen LogP contribution is 2.44. The number of hydrogen-bond acceptors (Lipinski definition) is 6. The van der Waals surface area contributed by atoms with Gasteiger partial charge in [0, 0.05) is 24.1 Å². The molecular weight excluding hydrogens is 612 g/mol. The Balaban J connectivity index is 1.16. The number of aliphatic hydroxyl groups is 1. The Bertz CT molecular complexity index is 1930. The summed E-state index contributed by atoms with van der Waals surface area (Å²) < 4.78 is 31.7. The number of hydrogen-bond donors (Lipinski definition) is 1. The maximum absolute atomic E-state index is 11.5. The van der Waals surface area contributed by atoms with Gasteiger partial charge in [0.05, 0.1) is 6.10 Å². The average molecular weight is 651 g/mol. The molecule has 0 aromatic heterocycles. The lowest BCUT2D eigenvalue weighted by atomic mass is 9.93. The van der Waals surface area contributed by atoms with Gasteiger partial charge in [-0.3, -0.25) is 0 Å². The van der Waals surface area contributed by atoms with Gasteiger partial charge < -0.3 is 28.8 Å². The van der Waals surface area contributed by atoms with Crippen molar-refractivity contribution in [3.05, 3.63) is 185 Å². The van der Waals surface area contributed by atoms with E-state index < -0.39 is 12.2 Å². The Kier molecular flexibility index (Phi) is 10.0. The summed E-state index contributed by atoms with van der Waals surface area (Å²) in [6.45, 7) is 1.54. The van der Waals surface area contributed by atoms with Gasteiger partial charge >= 0.3 is 0 Å². The van der Waals surface area contributed by atoms with Gasteiger partial charge in [-0.15, -0.1) is 0 Å². The van der Waals surface area contributed by atoms with Crippen LogP contribution in [0.2, 0.25) is 0 Å². The number of fused-ring (bicyclic) bond motifs is 1. The SMILES string of the molecule is O[C@@H]1Cc2c(OCc3ccccc3)cc(OCc3ccccc3)cc2OC1c1ccc(OCc2ccccc2)c(OCc2ccccc2)c1. The van der Waals surface area contributed by atoms with Crippen molar-refractivity contribution in [3.8, 4) is 28.7 Å². The van der Waals surface area contributed by atoms with E-state index >= 15 is 0 Å². The van der Waals surface area contributed by atoms with Crippen LogP contribution in [0.4, 0.5) is 0 Å². The summed E-state index contributed by atoms with van der Waals surface area (Å²) in [6.07, 6.45) is -1.14. The summed E-state index contributed by atoms with van der Waals surface area (Å²) in [6, 6.07) is 49.5. The van der Waals surface area contributed by atoms with E-state index in [0.29, 0.717) is 61.6 Å². The molecule has 7 rings (SSSR count). The molecular formula is C43H38O6. The second-order valence-electron chi connectivity index (χ2n) is 12.0. The van der Waals surface area contributed by atoms with Crippen LogP contribution in [-0.4, -0.2) is 11.2 Å². The Morgan fingerprint density at radius 1 is 0.490 bits per heavy atom. The molecule has 0 bridgehead atoms. The predicted molar refractivity (Wildman–Crippen MR) is 189 cm³/mol. The largest absolute Gasteiger partial charge is 0.489 e. The highest BCUT2D eigenvalue weighted by Gasteiger charge is 2.33. The van der Waals surface area contributed by atoms with Crippen molar-refractivity contribution in [3.63, 3.8) is 0 Å². The van der Waals surface area contributed by atoms with Crippen molar-refractivity contribution in [2.75, 3.05) is 0 Å². The van der Waals surface area contributed by atoms with Gasteiger partial charge in [-0.2, -0.15) is 0 Å². The third-order valence-corrected chi connectivity index (χ3v) is 8.41. The lowest BCUT2D eigenvalue weighted by molar-refractivity contribution is 0.0192. The van der Waals surface area contributed by atoms with E-state index in [1.165, 1.54) is 0 Å². The highest BCUT2D eigenvalue weighted by atomic mass is 16.5. The van der Waals surface area contributed by atoms with Gasteiger partial charge in [-0.25, -0.2) is 0 Å². The van der Waals surface area contributed by atoms with Crippen molar-refractivity contribution < 1.29 is 28.8 Å². The van der Waals surface area contributed by atoms with Gasteiger partial charge in [0.15, 0.2) is 11.5 Å². The fraction of sp³-hybridized carbons (Fsp3) is 0.163. The molecule has 0 amide bonds. The van der Waals surface area contributed by atoms with Crippen molar-refractivity contribution >= 4 is 0 Å². The van der Waals surface area contributed by atoms with E-state index in [9.17, 15) is 5.11 Å². The Hall–Kier alpha value is -5.72. The lowest BCUT2D eigenvalue weighted by Gasteiger charge is -2.32. The zero-order valence-corrected chi connectivity index (χ0v) is 27.1. The van der Waals surface area contributed by atoms with Crippen LogP contribution >= 0.6 is 0 Å². The average Bonchev–Trinajstić information content (AvgIpc) is 3.16. The minimum Gasteiger partial charge on any atom is -0.489 e. The Morgan fingerprint density at radius 2 is 0.959 bits per heavy atom. The first-order chi connectivity index (χ1) is 24.2. The number of rotatable bonds is 13. The standard InChI is InChI=1S/C43H38O6/c44-38-26-37-40(47-29-33-17-9-3-10-18-33)24-36(45-27-31-13-5-1-6-14-31)25-41(37)49-43(38)35-21-22-39(46-28-32-15-7-2-8-16-32)42(23-35)48-30-34-19-11-4-12-20-34/h1-25,38,43-44H,26-30H2/t38-,43?/m1/s1. The first-order valence-corrected chi connectivity index (χ1v) is 16.5. The molecule has 1 aliphatic rings. The van der Waals surface area contributed by atoms with E-state index in [2.05, 4.69) is 0 Å². The minimum atomic E-state index is -0.833. The molecule has 1 heterocycles. The number of aliphatic hydroxyl groups excluding tert-OH is 1. The van der Waals surface area contributed by atoms with Gasteiger partial charge in [0.25, 0.3) is 0 Å². The van der Waals surface area contributed by atoms with Gasteiger partial charge in [-0.1, -0.05) is 127 Å². The third kappa shape index (κ3) is 8.23. The topological polar surface area (TPSA) is 66.4 Å². The van der Waals surface area contributed by atoms with Gasteiger partial charge in [0.2, 0.25) is 0 Å². The van der Waals surface area contributed by atoms with Crippen LogP contribution in [0.3, 0.4) is 0 Å². The number of benzene rings is 6. The van der Waals surface area contributed by atoms with Crippen molar-refractivity contribution in [1.29, 1.82) is 0 Å². The normalized spacial score (nSPS) is 15.0. The molecule has 6 nitrogen and oxygen atoms in total. The summed E-state index contributed by atoms with van der Waals surface area (Å²) in [5.74, 6) is 3.05. The van der Waals surface area contributed by atoms with Crippen LogP contribution in [0.25, 0.3) is 0 Å². The monoisotopic (exact) mass is 650 g/mol. The molecule has 1 N–H and O–H groups in total. The van der Waals surface area contributed by atoms with Gasteiger partial charge in [-0.05, 0) is 39.9 Å². The number of ether oxygens (including phenoxy) is 5. The second kappa shape index (κ2) is 15.5. The molecule has 0 saturated heterocycles. The van der Waals surface area contributed by atoms with Crippen LogP contribution < -0.4 is 23.7 Å². The van der Waals surface area contributed by atoms with Crippen LogP contribution in [0.15, 0.2) is 152 Å². The van der Waals surface area contributed by atoms with Crippen LogP contribution in [0, 0.1) is 0 Å². The molecule has 0 fully saturated rings. The maximum Gasteiger partial charge on any atom is 0.162 e. The summed E-state index contributed by atoms with van der Waals surface area (Å²) in [7, 11) is 0. The quantitative estimate of drug-likeness (QED) is 0.135. The van der Waals surface area contributed by atoms with E-state index in [1.807, 2.05) is 152 Å². The molecule has 0 radical (unpaired) electrons. The molecule has 1 aliphatic heterocycles. The maximum atomic E-state index is 11.5. The van der Waals surface area contributed by atoms with Crippen LogP contribution in [-0.2, 0) is 32.8 Å². The second-order valence-corrected chi connectivity index (χ2v) is 12.0. The first kappa shape index (κ1) is 31.9. The Labute approximate surface area is 287 Å². The summed E-state index contributed by atoms with van der Waals surface area (Å²) in [5, 5.41) is 11.5. The summed E-state index contributed by atoms with van der Waals surface area (Å²) in [4.78, 5) is 0. The highest BCUT2D eigenvalue weighted by molar-refractivity contribution is 5.53. The fourth-order valence-corrected chi connectivity index (χ4v) is 5.82. The van der Waals surface area contributed by atoms with E-state index in [0.717, 1.165) is 33.4 Å². The van der Waals surface area contributed by atoms with E-state index in [1.54, 1.807) is 0 Å². The smallest absolute Gasteiger partial charge is 0.162 e. The molecule has 0 spiro atoms. The van der Waals surface area contributed by atoms with E-state index in [-0.39, 0.29) is 0 Å². The molecule has 2 atom stereocenters. The van der Waals surface area contributed by atoms with Crippen LogP contribution in [0.5, 0.6) is 28.7 Å². The zero-order valence-electron chi connectivity index (χ0n) is 27.1. The molecule has 246 valence electrons. The van der Waals surface area contributed by atoms with Crippen molar-refractivity contribution in [1.82, 2.24) is 0 Å². The van der Waals surface area contributed by atoms with Gasteiger partial charge in [0.1, 0.15) is 49.8 Å².